The Morgan fingerprint density at radius 1 is 1.17 bits per heavy atom. The fraction of sp³-hybridized carbons (Fsp3) is 0.600. The zero-order chi connectivity index (χ0) is 13.7. The third-order valence-corrected chi connectivity index (χ3v) is 3.57. The number of nitrogens with zero attached hydrogens (tertiary/aromatic N) is 1. The molecule has 2 unspecified atom stereocenters. The average Bonchev–Trinajstić information content (AvgIpc) is 2.38. The van der Waals surface area contributed by atoms with Crippen LogP contribution in [0.5, 0.6) is 5.75 Å². The molecule has 18 heavy (non-hydrogen) atoms. The molecule has 0 aliphatic carbocycles. The van der Waals surface area contributed by atoms with E-state index in [1.54, 1.807) is 7.11 Å². The third kappa shape index (κ3) is 3.47. The van der Waals surface area contributed by atoms with Gasteiger partial charge in [0, 0.05) is 18.1 Å². The molecule has 0 saturated carbocycles. The maximum Gasteiger partial charge on any atom is 0.118 e. The highest BCUT2D eigenvalue weighted by Gasteiger charge is 2.22. The molecule has 2 atom stereocenters. The highest BCUT2D eigenvalue weighted by atomic mass is 16.5. The lowest BCUT2D eigenvalue weighted by molar-refractivity contribution is 0.152. The molecule has 102 valence electrons. The second-order valence-corrected chi connectivity index (χ2v) is 4.96. The second kappa shape index (κ2) is 6.76. The quantitative estimate of drug-likeness (QED) is 0.843. The van der Waals surface area contributed by atoms with Crippen LogP contribution in [-0.2, 0) is 0 Å². The van der Waals surface area contributed by atoms with E-state index >= 15 is 0 Å². The lowest BCUT2D eigenvalue weighted by Gasteiger charge is -2.35. The first kappa shape index (κ1) is 15.0. The maximum atomic E-state index is 6.36. The number of nitrogens with two attached hydrogens (primary N) is 1. The van der Waals surface area contributed by atoms with E-state index in [4.69, 9.17) is 10.5 Å². The first-order valence-corrected chi connectivity index (χ1v) is 6.66. The molecule has 0 spiro atoms. The summed E-state index contributed by atoms with van der Waals surface area (Å²) in [5.41, 5.74) is 7.52. The van der Waals surface area contributed by atoms with Gasteiger partial charge in [-0.1, -0.05) is 19.1 Å². The van der Waals surface area contributed by atoms with Gasteiger partial charge in [-0.25, -0.2) is 0 Å². The Bertz CT molecular complexity index is 348. The van der Waals surface area contributed by atoms with Crippen LogP contribution in [0.4, 0.5) is 0 Å². The van der Waals surface area contributed by atoms with Crippen LogP contribution in [0.3, 0.4) is 0 Å². The van der Waals surface area contributed by atoms with Crippen LogP contribution in [-0.4, -0.2) is 30.6 Å². The standard InChI is InChI=1S/C15H26N2O/c1-6-17(11(2)3)12(4)15(16)13-7-9-14(18-5)10-8-13/h7-12,15H,6,16H2,1-5H3. The molecule has 0 saturated heterocycles. The summed E-state index contributed by atoms with van der Waals surface area (Å²) in [5.74, 6) is 0.870. The molecular formula is C15H26N2O. The van der Waals surface area contributed by atoms with E-state index in [-0.39, 0.29) is 6.04 Å². The third-order valence-electron chi connectivity index (χ3n) is 3.57. The summed E-state index contributed by atoms with van der Waals surface area (Å²) >= 11 is 0. The van der Waals surface area contributed by atoms with E-state index in [1.165, 1.54) is 0 Å². The molecule has 0 bridgehead atoms. The van der Waals surface area contributed by atoms with Crippen molar-refractivity contribution in [3.63, 3.8) is 0 Å². The first-order chi connectivity index (χ1) is 8.51. The lowest BCUT2D eigenvalue weighted by Crippen LogP contribution is -2.44. The predicted molar refractivity (Wildman–Crippen MR) is 76.9 cm³/mol. The number of ether oxygens (including phenoxy) is 1. The Morgan fingerprint density at radius 2 is 1.72 bits per heavy atom. The van der Waals surface area contributed by atoms with E-state index in [1.807, 2.05) is 24.3 Å². The first-order valence-electron chi connectivity index (χ1n) is 6.66. The topological polar surface area (TPSA) is 38.5 Å². The molecule has 3 heteroatoms. The summed E-state index contributed by atoms with van der Waals surface area (Å²) in [6, 6.07) is 8.89. The fourth-order valence-electron chi connectivity index (χ4n) is 2.43. The number of hydrogen-bond acceptors (Lipinski definition) is 3. The van der Waals surface area contributed by atoms with E-state index < -0.39 is 0 Å². The normalized spacial score (nSPS) is 14.9. The number of benzene rings is 1. The Hall–Kier alpha value is -1.06. The van der Waals surface area contributed by atoms with E-state index in [0.717, 1.165) is 17.9 Å². The van der Waals surface area contributed by atoms with E-state index in [9.17, 15) is 0 Å². The Morgan fingerprint density at radius 3 is 2.11 bits per heavy atom. The van der Waals surface area contributed by atoms with Crippen LogP contribution in [0.1, 0.15) is 39.3 Å². The Kier molecular flexibility index (Phi) is 5.63. The molecule has 0 aromatic heterocycles. The SMILES string of the molecule is CCN(C(C)C)C(C)C(N)c1ccc(OC)cc1. The zero-order valence-corrected chi connectivity index (χ0v) is 12.2. The van der Waals surface area contributed by atoms with Crippen molar-refractivity contribution in [2.45, 2.75) is 45.8 Å². The highest BCUT2D eigenvalue weighted by molar-refractivity contribution is 5.29. The molecular weight excluding hydrogens is 224 g/mol. The average molecular weight is 250 g/mol. The maximum absolute atomic E-state index is 6.36. The molecule has 1 aromatic rings. The number of hydrogen-bond donors (Lipinski definition) is 1. The summed E-state index contributed by atoms with van der Waals surface area (Å²) in [4.78, 5) is 2.41. The van der Waals surface area contributed by atoms with Crippen LogP contribution >= 0.6 is 0 Å². The number of methoxy groups -OCH3 is 1. The van der Waals surface area contributed by atoms with Crippen molar-refractivity contribution in [2.75, 3.05) is 13.7 Å². The second-order valence-electron chi connectivity index (χ2n) is 4.96. The van der Waals surface area contributed by atoms with Gasteiger partial charge in [-0.3, -0.25) is 4.90 Å². The van der Waals surface area contributed by atoms with Gasteiger partial charge in [-0.05, 0) is 45.0 Å². The molecule has 0 fully saturated rings. The van der Waals surface area contributed by atoms with Gasteiger partial charge < -0.3 is 10.5 Å². The molecule has 1 rings (SSSR count). The number of rotatable bonds is 6. The van der Waals surface area contributed by atoms with Crippen molar-refractivity contribution in [3.05, 3.63) is 29.8 Å². The van der Waals surface area contributed by atoms with Crippen molar-refractivity contribution >= 4 is 0 Å². The van der Waals surface area contributed by atoms with Crippen molar-refractivity contribution in [1.29, 1.82) is 0 Å². The van der Waals surface area contributed by atoms with Gasteiger partial charge in [-0.15, -0.1) is 0 Å². The number of likely N-dealkylation sites (N-methyl/N-ethyl adjacent to an activating group) is 1. The van der Waals surface area contributed by atoms with Crippen LogP contribution in [0, 0.1) is 0 Å². The van der Waals surface area contributed by atoms with Gasteiger partial charge in [0.05, 0.1) is 7.11 Å². The van der Waals surface area contributed by atoms with Gasteiger partial charge in [-0.2, -0.15) is 0 Å². The van der Waals surface area contributed by atoms with E-state index in [2.05, 4.69) is 32.6 Å². The fourth-order valence-corrected chi connectivity index (χ4v) is 2.43. The van der Waals surface area contributed by atoms with Crippen molar-refractivity contribution < 1.29 is 4.74 Å². The molecule has 0 amide bonds. The molecule has 0 radical (unpaired) electrons. The predicted octanol–water partition coefficient (Wildman–Crippen LogP) is 2.81. The van der Waals surface area contributed by atoms with E-state index in [0.29, 0.717) is 12.1 Å². The van der Waals surface area contributed by atoms with Gasteiger partial charge in [0.25, 0.3) is 0 Å². The molecule has 0 aliphatic heterocycles. The van der Waals surface area contributed by atoms with Crippen molar-refractivity contribution in [1.82, 2.24) is 4.90 Å². The van der Waals surface area contributed by atoms with Gasteiger partial charge >= 0.3 is 0 Å². The Balaban J connectivity index is 2.81. The summed E-state index contributed by atoms with van der Waals surface area (Å²) in [7, 11) is 1.68. The molecule has 0 heterocycles. The monoisotopic (exact) mass is 250 g/mol. The van der Waals surface area contributed by atoms with Crippen molar-refractivity contribution in [2.24, 2.45) is 5.73 Å². The summed E-state index contributed by atoms with van der Waals surface area (Å²) in [6.45, 7) is 9.81. The zero-order valence-electron chi connectivity index (χ0n) is 12.2. The van der Waals surface area contributed by atoms with Crippen molar-refractivity contribution in [3.8, 4) is 5.75 Å². The molecule has 3 nitrogen and oxygen atoms in total. The molecule has 1 aromatic carbocycles. The van der Waals surface area contributed by atoms with Crippen LogP contribution in [0.25, 0.3) is 0 Å². The highest BCUT2D eigenvalue weighted by Crippen LogP contribution is 2.22. The van der Waals surface area contributed by atoms with Gasteiger partial charge in [0.15, 0.2) is 0 Å². The molecule has 2 N–H and O–H groups in total. The van der Waals surface area contributed by atoms with Gasteiger partial charge in [0.2, 0.25) is 0 Å². The summed E-state index contributed by atoms with van der Waals surface area (Å²) in [6.07, 6.45) is 0. The summed E-state index contributed by atoms with van der Waals surface area (Å²) in [5, 5.41) is 0. The van der Waals surface area contributed by atoms with Crippen LogP contribution in [0.2, 0.25) is 0 Å². The summed E-state index contributed by atoms with van der Waals surface area (Å²) < 4.78 is 5.17. The van der Waals surface area contributed by atoms with Crippen LogP contribution in [0.15, 0.2) is 24.3 Å². The minimum absolute atomic E-state index is 0.0262. The Labute approximate surface area is 111 Å². The lowest BCUT2D eigenvalue weighted by atomic mass is 9.99. The minimum atomic E-state index is 0.0262. The van der Waals surface area contributed by atoms with Crippen LogP contribution < -0.4 is 10.5 Å². The molecule has 0 aliphatic rings. The largest absolute Gasteiger partial charge is 0.497 e. The smallest absolute Gasteiger partial charge is 0.118 e. The minimum Gasteiger partial charge on any atom is -0.497 e. The van der Waals surface area contributed by atoms with Gasteiger partial charge in [0.1, 0.15) is 5.75 Å².